The van der Waals surface area contributed by atoms with Crippen LogP contribution in [0.4, 0.5) is 5.69 Å². The molecule has 26 heavy (non-hydrogen) atoms. The number of carbonyl (C=O) groups excluding carboxylic acids is 1. The topological polar surface area (TPSA) is 84.0 Å². The van der Waals surface area contributed by atoms with Crippen molar-refractivity contribution in [2.75, 3.05) is 5.32 Å². The van der Waals surface area contributed by atoms with Gasteiger partial charge in [0.2, 0.25) is 0 Å². The summed E-state index contributed by atoms with van der Waals surface area (Å²) in [5.74, 6) is -0.562. The average molecular weight is 349 g/mol. The van der Waals surface area contributed by atoms with E-state index >= 15 is 0 Å². The summed E-state index contributed by atoms with van der Waals surface area (Å²) in [7, 11) is 0. The number of rotatable bonds is 4. The van der Waals surface area contributed by atoms with Gasteiger partial charge in [0.1, 0.15) is 5.56 Å². The predicted molar refractivity (Wildman–Crippen MR) is 101 cm³/mol. The van der Waals surface area contributed by atoms with Crippen LogP contribution in [0.15, 0.2) is 64.3 Å². The van der Waals surface area contributed by atoms with Gasteiger partial charge in [0.25, 0.3) is 11.5 Å². The van der Waals surface area contributed by atoms with E-state index in [-0.39, 0.29) is 5.56 Å². The molecule has 0 atom stereocenters. The maximum Gasteiger partial charge on any atom is 0.333 e. The first-order chi connectivity index (χ1) is 12.5. The zero-order valence-corrected chi connectivity index (χ0v) is 14.6. The van der Waals surface area contributed by atoms with Crippen molar-refractivity contribution in [1.82, 2.24) is 9.55 Å². The molecule has 0 radical (unpaired) electrons. The fraction of sp³-hybridized carbons (Fsp3) is 0.150. The summed E-state index contributed by atoms with van der Waals surface area (Å²) >= 11 is 0. The second-order valence-electron chi connectivity index (χ2n) is 5.95. The van der Waals surface area contributed by atoms with E-state index in [0.29, 0.717) is 11.4 Å². The van der Waals surface area contributed by atoms with Crippen LogP contribution in [0.2, 0.25) is 0 Å². The van der Waals surface area contributed by atoms with Crippen LogP contribution in [-0.2, 0) is 6.42 Å². The Kier molecular flexibility index (Phi) is 4.84. The molecule has 6 heteroatoms. The number of H-pyrrole nitrogens is 1. The van der Waals surface area contributed by atoms with Crippen LogP contribution in [0.25, 0.3) is 5.69 Å². The van der Waals surface area contributed by atoms with Crippen LogP contribution in [-0.4, -0.2) is 15.5 Å². The van der Waals surface area contributed by atoms with Gasteiger partial charge in [-0.15, -0.1) is 0 Å². The number of aryl methyl sites for hydroxylation is 2. The summed E-state index contributed by atoms with van der Waals surface area (Å²) in [6, 6.07) is 14.3. The number of amides is 1. The van der Waals surface area contributed by atoms with E-state index in [2.05, 4.69) is 10.3 Å². The number of aromatic amines is 1. The lowest BCUT2D eigenvalue weighted by atomic mass is 10.1. The molecule has 6 nitrogen and oxygen atoms in total. The second kappa shape index (κ2) is 7.23. The molecule has 0 fully saturated rings. The Hall–Kier alpha value is -3.41. The average Bonchev–Trinajstić information content (AvgIpc) is 2.63. The van der Waals surface area contributed by atoms with Gasteiger partial charge in [-0.2, -0.15) is 0 Å². The standard InChI is InChI=1S/C20H19N3O3/c1-3-14-6-4-5-7-17(14)22-18(24)16-12-21-20(26)23(19(16)25)15-10-8-13(2)9-11-15/h4-12H,3H2,1-2H3,(H,21,26)(H,22,24). The summed E-state index contributed by atoms with van der Waals surface area (Å²) in [5.41, 5.74) is 1.63. The molecule has 0 spiro atoms. The largest absolute Gasteiger partial charge is 0.333 e. The summed E-state index contributed by atoms with van der Waals surface area (Å²) in [6.07, 6.45) is 1.90. The molecular formula is C20H19N3O3. The molecule has 0 saturated heterocycles. The molecule has 1 aromatic heterocycles. The van der Waals surface area contributed by atoms with E-state index in [0.717, 1.165) is 28.3 Å². The van der Waals surface area contributed by atoms with Crippen LogP contribution in [0, 0.1) is 6.92 Å². The molecule has 0 aliphatic heterocycles. The van der Waals surface area contributed by atoms with E-state index in [1.165, 1.54) is 0 Å². The van der Waals surface area contributed by atoms with Crippen molar-refractivity contribution in [3.63, 3.8) is 0 Å². The Bertz CT molecular complexity index is 1060. The summed E-state index contributed by atoms with van der Waals surface area (Å²) in [4.78, 5) is 39.9. The minimum atomic E-state index is -0.663. The quantitative estimate of drug-likeness (QED) is 0.759. The molecule has 2 N–H and O–H groups in total. The highest BCUT2D eigenvalue weighted by atomic mass is 16.2. The van der Waals surface area contributed by atoms with Crippen LogP contribution < -0.4 is 16.6 Å². The molecule has 0 bridgehead atoms. The number of carbonyl (C=O) groups is 1. The Morgan fingerprint density at radius 1 is 1.08 bits per heavy atom. The van der Waals surface area contributed by atoms with Gasteiger partial charge in [-0.05, 0) is 37.1 Å². The number of anilines is 1. The van der Waals surface area contributed by atoms with Gasteiger partial charge < -0.3 is 10.3 Å². The molecule has 0 aliphatic rings. The van der Waals surface area contributed by atoms with E-state index in [1.54, 1.807) is 30.3 Å². The molecule has 3 rings (SSSR count). The summed E-state index contributed by atoms with van der Waals surface area (Å²) in [6.45, 7) is 3.89. The zero-order valence-electron chi connectivity index (χ0n) is 14.6. The highest BCUT2D eigenvalue weighted by molar-refractivity contribution is 6.04. The summed E-state index contributed by atoms with van der Waals surface area (Å²) in [5, 5.41) is 2.75. The minimum Gasteiger partial charge on any atom is -0.322 e. The lowest BCUT2D eigenvalue weighted by Gasteiger charge is -2.10. The third kappa shape index (κ3) is 3.35. The Morgan fingerprint density at radius 3 is 2.46 bits per heavy atom. The Labute approximate surface area is 150 Å². The van der Waals surface area contributed by atoms with Crippen molar-refractivity contribution in [1.29, 1.82) is 0 Å². The fourth-order valence-electron chi connectivity index (χ4n) is 2.70. The van der Waals surface area contributed by atoms with Crippen LogP contribution in [0.1, 0.15) is 28.4 Å². The normalized spacial score (nSPS) is 10.5. The van der Waals surface area contributed by atoms with Gasteiger partial charge in [0, 0.05) is 11.9 Å². The first-order valence-electron chi connectivity index (χ1n) is 8.32. The third-order valence-electron chi connectivity index (χ3n) is 4.16. The van der Waals surface area contributed by atoms with E-state index in [9.17, 15) is 14.4 Å². The highest BCUT2D eigenvalue weighted by Gasteiger charge is 2.16. The number of nitrogens with zero attached hydrogens (tertiary/aromatic N) is 1. The van der Waals surface area contributed by atoms with Crippen molar-refractivity contribution in [2.24, 2.45) is 0 Å². The van der Waals surface area contributed by atoms with E-state index in [1.807, 2.05) is 32.0 Å². The van der Waals surface area contributed by atoms with Crippen molar-refractivity contribution in [3.8, 4) is 5.69 Å². The van der Waals surface area contributed by atoms with E-state index < -0.39 is 17.2 Å². The van der Waals surface area contributed by atoms with Crippen molar-refractivity contribution in [3.05, 3.63) is 92.3 Å². The van der Waals surface area contributed by atoms with Gasteiger partial charge in [0.05, 0.1) is 5.69 Å². The van der Waals surface area contributed by atoms with Crippen molar-refractivity contribution in [2.45, 2.75) is 20.3 Å². The number of hydrogen-bond donors (Lipinski definition) is 2. The van der Waals surface area contributed by atoms with Crippen molar-refractivity contribution >= 4 is 11.6 Å². The molecule has 1 amide bonds. The molecule has 2 aromatic carbocycles. The third-order valence-corrected chi connectivity index (χ3v) is 4.16. The molecular weight excluding hydrogens is 330 g/mol. The number of para-hydroxylation sites is 1. The molecule has 0 saturated carbocycles. The SMILES string of the molecule is CCc1ccccc1NC(=O)c1c[nH]c(=O)n(-c2ccc(C)cc2)c1=O. The fourth-order valence-corrected chi connectivity index (χ4v) is 2.70. The van der Waals surface area contributed by atoms with Crippen LogP contribution in [0.3, 0.4) is 0 Å². The first kappa shape index (κ1) is 17.4. The number of benzene rings is 2. The Balaban J connectivity index is 2.02. The molecule has 0 unspecified atom stereocenters. The van der Waals surface area contributed by atoms with Crippen molar-refractivity contribution < 1.29 is 4.79 Å². The van der Waals surface area contributed by atoms with E-state index in [4.69, 9.17) is 0 Å². The molecule has 132 valence electrons. The first-order valence-corrected chi connectivity index (χ1v) is 8.32. The molecule has 1 heterocycles. The maximum atomic E-state index is 12.7. The van der Waals surface area contributed by atoms with Crippen LogP contribution >= 0.6 is 0 Å². The Morgan fingerprint density at radius 2 is 1.77 bits per heavy atom. The minimum absolute atomic E-state index is 0.129. The molecule has 3 aromatic rings. The van der Waals surface area contributed by atoms with Gasteiger partial charge >= 0.3 is 5.69 Å². The van der Waals surface area contributed by atoms with Gasteiger partial charge in [0.15, 0.2) is 0 Å². The maximum absolute atomic E-state index is 12.7. The number of aromatic nitrogens is 2. The summed E-state index contributed by atoms with van der Waals surface area (Å²) < 4.78 is 0.958. The van der Waals surface area contributed by atoms with Gasteiger partial charge in [-0.25, -0.2) is 9.36 Å². The lowest BCUT2D eigenvalue weighted by Crippen LogP contribution is -2.38. The van der Waals surface area contributed by atoms with Gasteiger partial charge in [-0.1, -0.05) is 42.8 Å². The number of nitrogens with one attached hydrogen (secondary N) is 2. The second-order valence-corrected chi connectivity index (χ2v) is 5.95. The monoisotopic (exact) mass is 349 g/mol. The lowest BCUT2D eigenvalue weighted by molar-refractivity contribution is 0.102. The van der Waals surface area contributed by atoms with Gasteiger partial charge in [-0.3, -0.25) is 9.59 Å². The highest BCUT2D eigenvalue weighted by Crippen LogP contribution is 2.16. The molecule has 0 aliphatic carbocycles. The smallest absolute Gasteiger partial charge is 0.322 e. The zero-order chi connectivity index (χ0) is 18.7. The predicted octanol–water partition coefficient (Wildman–Crippen LogP) is 2.65. The van der Waals surface area contributed by atoms with Crippen LogP contribution in [0.5, 0.6) is 0 Å². The number of hydrogen-bond acceptors (Lipinski definition) is 3.